The molecule has 0 atom stereocenters. The van der Waals surface area contributed by atoms with Crippen molar-refractivity contribution >= 4 is 89.4 Å². The largest absolute Gasteiger partial charge is 0.454 e. The number of benzene rings is 10. The van der Waals surface area contributed by atoms with Crippen molar-refractivity contribution in [2.75, 3.05) is 9.80 Å². The number of hydrogen-bond acceptors (Lipinski definition) is 4. The van der Waals surface area contributed by atoms with Crippen molar-refractivity contribution in [2.24, 2.45) is 0 Å². The van der Waals surface area contributed by atoms with Crippen LogP contribution in [0.3, 0.4) is 0 Å². The summed E-state index contributed by atoms with van der Waals surface area (Å²) in [6, 6.07) is 60.6. The van der Waals surface area contributed by atoms with E-state index in [1.807, 2.05) is 78.9 Å². The molecule has 0 saturated carbocycles. The van der Waals surface area contributed by atoms with E-state index in [9.17, 15) is 0 Å². The van der Waals surface area contributed by atoms with E-state index in [1.165, 1.54) is 16.7 Å². The lowest BCUT2D eigenvalue weighted by atomic mass is 9.90. The summed E-state index contributed by atoms with van der Waals surface area (Å²) in [6.45, 7) is 0. The van der Waals surface area contributed by atoms with Crippen LogP contribution in [0.2, 0.25) is 0 Å². The molecule has 0 radical (unpaired) electrons. The summed E-state index contributed by atoms with van der Waals surface area (Å²) in [4.78, 5) is 5.22. The number of halogens is 4. The highest BCUT2D eigenvalue weighted by molar-refractivity contribution is 7.99. The molecule has 306 valence electrons. The number of furan rings is 1. The number of nitrogens with zero attached hydrogens (tertiary/aromatic N) is 2. The van der Waals surface area contributed by atoms with E-state index in [1.54, 1.807) is 66.7 Å². The zero-order valence-corrected chi connectivity index (χ0v) is 34.5. The van der Waals surface area contributed by atoms with Gasteiger partial charge in [0.15, 0.2) is 28.9 Å². The molecule has 12 rings (SSSR count). The van der Waals surface area contributed by atoms with E-state index in [-0.39, 0.29) is 5.56 Å². The maximum absolute atomic E-state index is 16.8. The third kappa shape index (κ3) is 5.90. The smallest absolute Gasteiger partial charge is 0.186 e. The minimum atomic E-state index is -1.50. The van der Waals surface area contributed by atoms with Gasteiger partial charge in [-0.05, 0) is 99.6 Å². The zero-order valence-electron chi connectivity index (χ0n) is 33.7. The van der Waals surface area contributed by atoms with Gasteiger partial charge in [-0.25, -0.2) is 17.6 Å². The summed E-state index contributed by atoms with van der Waals surface area (Å²) in [5.74, 6) is -5.96. The van der Waals surface area contributed by atoms with Crippen molar-refractivity contribution in [1.82, 2.24) is 0 Å². The van der Waals surface area contributed by atoms with Crippen LogP contribution >= 0.6 is 11.8 Å². The van der Waals surface area contributed by atoms with Crippen LogP contribution in [-0.2, 0) is 0 Å². The lowest BCUT2D eigenvalue weighted by Crippen LogP contribution is -2.16. The Labute approximate surface area is 369 Å². The Hall–Kier alpha value is -7.81. The molecule has 0 saturated heterocycles. The second kappa shape index (κ2) is 14.9. The van der Waals surface area contributed by atoms with Gasteiger partial charge in [0.25, 0.3) is 0 Å². The number of hydrogen-bond donors (Lipinski definition) is 0. The van der Waals surface area contributed by atoms with Crippen LogP contribution in [0.5, 0.6) is 0 Å². The average molecular weight is 857 g/mol. The van der Waals surface area contributed by atoms with Crippen molar-refractivity contribution in [2.45, 2.75) is 9.79 Å². The van der Waals surface area contributed by atoms with Gasteiger partial charge in [0.05, 0.1) is 11.3 Å². The molecular weight excluding hydrogens is 825 g/mol. The first-order valence-corrected chi connectivity index (χ1v) is 21.6. The molecule has 2 heterocycles. The normalized spacial score (nSPS) is 12.0. The van der Waals surface area contributed by atoms with Crippen molar-refractivity contribution in [3.05, 3.63) is 217 Å². The van der Waals surface area contributed by atoms with Gasteiger partial charge < -0.3 is 14.2 Å². The highest BCUT2D eigenvalue weighted by Crippen LogP contribution is 2.53. The molecule has 0 aliphatic carbocycles. The number of rotatable bonds is 7. The van der Waals surface area contributed by atoms with Crippen LogP contribution in [0.15, 0.2) is 208 Å². The SMILES string of the molecule is Fc1c(F)c(N(c2ccccc2)c2ccc3ccccc3c2)c(F)c(F)c1-c1ccc2c3c(cccc13)Sc1cc(N(c3ccccc3)c3cccc4c3oc3ccccc34)ccc1-2. The molecule has 0 N–H and O–H groups in total. The summed E-state index contributed by atoms with van der Waals surface area (Å²) >= 11 is 1.53. The summed E-state index contributed by atoms with van der Waals surface area (Å²) in [6.07, 6.45) is 0. The molecule has 8 heteroatoms. The van der Waals surface area contributed by atoms with Gasteiger partial charge in [0.1, 0.15) is 11.3 Å². The lowest BCUT2D eigenvalue weighted by Gasteiger charge is -2.28. The highest BCUT2D eigenvalue weighted by atomic mass is 32.2. The van der Waals surface area contributed by atoms with Gasteiger partial charge in [-0.1, -0.05) is 139 Å². The molecule has 64 heavy (non-hydrogen) atoms. The lowest BCUT2D eigenvalue weighted by molar-refractivity contribution is 0.461. The predicted molar refractivity (Wildman–Crippen MR) is 253 cm³/mol. The molecule has 1 aliphatic rings. The van der Waals surface area contributed by atoms with Crippen LogP contribution in [0.4, 0.5) is 51.7 Å². The van der Waals surface area contributed by atoms with Crippen molar-refractivity contribution < 1.29 is 22.0 Å². The Balaban J connectivity index is 0.985. The first kappa shape index (κ1) is 37.9. The first-order chi connectivity index (χ1) is 31.4. The highest BCUT2D eigenvalue weighted by Gasteiger charge is 2.33. The van der Waals surface area contributed by atoms with Gasteiger partial charge in [0.2, 0.25) is 0 Å². The molecule has 10 aromatic carbocycles. The summed E-state index contributed by atoms with van der Waals surface area (Å²) in [5.41, 5.74) is 5.17. The summed E-state index contributed by atoms with van der Waals surface area (Å²) in [5, 5.41) is 4.96. The van der Waals surface area contributed by atoms with Crippen LogP contribution in [0.25, 0.3) is 65.7 Å². The third-order valence-corrected chi connectivity index (χ3v) is 13.2. The maximum Gasteiger partial charge on any atom is 0.186 e. The van der Waals surface area contributed by atoms with Crippen molar-refractivity contribution in [1.29, 1.82) is 0 Å². The van der Waals surface area contributed by atoms with Gasteiger partial charge in [0, 0.05) is 48.7 Å². The van der Waals surface area contributed by atoms with E-state index in [2.05, 4.69) is 53.4 Å². The molecule has 1 aromatic heterocycles. The van der Waals surface area contributed by atoms with Crippen LogP contribution < -0.4 is 9.80 Å². The number of anilines is 6. The molecule has 11 aromatic rings. The predicted octanol–water partition coefficient (Wildman–Crippen LogP) is 17.2. The fraction of sp³-hybridized carbons (Fsp3) is 0. The van der Waals surface area contributed by atoms with Crippen molar-refractivity contribution in [3.8, 4) is 22.3 Å². The van der Waals surface area contributed by atoms with E-state index in [4.69, 9.17) is 4.42 Å². The standard InChI is InChI=1S/C56H32F4N2OS/c57-51-50(52(58)54(60)55(53(51)59)62(36-17-5-2-6-18-36)37-26-25-33-13-7-8-14-34(33)31-37)43-30-29-42-40-28-27-38(32-48(40)64-47-24-12-20-41(43)49(42)47)61(35-15-3-1-4-16-35)45-22-11-21-44-39-19-9-10-23-46(39)63-56(44)45/h1-32H. The average Bonchev–Trinajstić information content (AvgIpc) is 3.73. The fourth-order valence-corrected chi connectivity index (χ4v) is 10.4. The molecule has 0 fully saturated rings. The van der Waals surface area contributed by atoms with E-state index < -0.39 is 34.5 Å². The maximum atomic E-state index is 16.8. The second-order valence-electron chi connectivity index (χ2n) is 15.7. The van der Waals surface area contributed by atoms with Crippen LogP contribution in [0, 0.1) is 23.3 Å². The molecule has 0 unspecified atom stereocenters. The Bertz CT molecular complexity index is 3640. The number of fused-ring (bicyclic) bond motifs is 6. The van der Waals surface area contributed by atoms with E-state index in [0.717, 1.165) is 76.1 Å². The Morgan fingerprint density at radius 2 is 0.984 bits per heavy atom. The first-order valence-electron chi connectivity index (χ1n) is 20.8. The molecule has 0 spiro atoms. The topological polar surface area (TPSA) is 19.6 Å². The van der Waals surface area contributed by atoms with E-state index in [0.29, 0.717) is 16.8 Å². The minimum Gasteiger partial charge on any atom is -0.454 e. The van der Waals surface area contributed by atoms with Gasteiger partial charge in [-0.2, -0.15) is 0 Å². The fourth-order valence-electron chi connectivity index (χ4n) is 9.24. The minimum absolute atomic E-state index is 0.0479. The molecule has 0 amide bonds. The Morgan fingerprint density at radius 3 is 1.77 bits per heavy atom. The monoisotopic (exact) mass is 856 g/mol. The molecule has 3 nitrogen and oxygen atoms in total. The Morgan fingerprint density at radius 1 is 0.391 bits per heavy atom. The van der Waals surface area contributed by atoms with Gasteiger partial charge >= 0.3 is 0 Å². The molecule has 0 bridgehead atoms. The quantitative estimate of drug-likeness (QED) is 0.117. The molecule has 1 aliphatic heterocycles. The molecular formula is C56H32F4N2OS. The van der Waals surface area contributed by atoms with Gasteiger partial charge in [-0.3, -0.25) is 0 Å². The third-order valence-electron chi connectivity index (χ3n) is 12.1. The zero-order chi connectivity index (χ0) is 43.1. The van der Waals surface area contributed by atoms with Crippen molar-refractivity contribution in [3.63, 3.8) is 0 Å². The van der Waals surface area contributed by atoms with E-state index >= 15 is 17.6 Å². The summed E-state index contributed by atoms with van der Waals surface area (Å²) in [7, 11) is 0. The number of para-hydroxylation sites is 4. The Kier molecular flexibility index (Phi) is 8.84. The van der Waals surface area contributed by atoms with Crippen LogP contribution in [-0.4, -0.2) is 0 Å². The van der Waals surface area contributed by atoms with Gasteiger partial charge in [-0.15, -0.1) is 0 Å². The van der Waals surface area contributed by atoms with Crippen LogP contribution in [0.1, 0.15) is 0 Å². The second-order valence-corrected chi connectivity index (χ2v) is 16.8. The summed E-state index contributed by atoms with van der Waals surface area (Å²) < 4.78 is 73.8.